The second kappa shape index (κ2) is 6.81. The molecule has 1 fully saturated rings. The van der Waals surface area contributed by atoms with Crippen molar-refractivity contribution in [2.75, 3.05) is 13.2 Å². The summed E-state index contributed by atoms with van der Waals surface area (Å²) >= 11 is 0. The number of halogens is 1. The third-order valence-electron chi connectivity index (χ3n) is 3.40. The number of hydrogen-bond donors (Lipinski definition) is 1. The molecule has 100 valence electrons. The zero-order valence-electron chi connectivity index (χ0n) is 10.9. The Kier molecular flexibility index (Phi) is 5.08. The van der Waals surface area contributed by atoms with Crippen LogP contribution in [0.1, 0.15) is 44.3 Å². The first-order valence-electron chi connectivity index (χ1n) is 6.72. The number of hydrogen-bond acceptors (Lipinski definition) is 3. The number of aromatic nitrogens is 1. The highest BCUT2D eigenvalue weighted by atomic mass is 19.1. The van der Waals surface area contributed by atoms with Crippen molar-refractivity contribution in [2.45, 2.75) is 44.8 Å². The van der Waals surface area contributed by atoms with Gasteiger partial charge in [0.2, 0.25) is 0 Å². The van der Waals surface area contributed by atoms with Gasteiger partial charge in [0.05, 0.1) is 24.6 Å². The van der Waals surface area contributed by atoms with Crippen LogP contribution in [0, 0.1) is 5.82 Å². The minimum absolute atomic E-state index is 0.123. The summed E-state index contributed by atoms with van der Waals surface area (Å²) in [4.78, 5) is 4.06. The third kappa shape index (κ3) is 4.03. The van der Waals surface area contributed by atoms with Gasteiger partial charge in [-0.1, -0.05) is 12.8 Å². The largest absolute Gasteiger partial charge is 0.377 e. The summed E-state index contributed by atoms with van der Waals surface area (Å²) in [6, 6.07) is 3.28. The molecule has 1 N–H and O–H groups in total. The molecule has 0 bridgehead atoms. The van der Waals surface area contributed by atoms with E-state index < -0.39 is 0 Å². The Morgan fingerprint density at radius 1 is 1.44 bits per heavy atom. The lowest BCUT2D eigenvalue weighted by Crippen LogP contribution is -2.25. The Balaban J connectivity index is 1.64. The van der Waals surface area contributed by atoms with Crippen molar-refractivity contribution >= 4 is 0 Å². The monoisotopic (exact) mass is 252 g/mol. The van der Waals surface area contributed by atoms with Crippen LogP contribution in [-0.2, 0) is 4.74 Å². The average molecular weight is 252 g/mol. The Hall–Kier alpha value is -1.00. The van der Waals surface area contributed by atoms with Gasteiger partial charge in [-0.3, -0.25) is 4.98 Å². The molecule has 1 heterocycles. The van der Waals surface area contributed by atoms with Crippen LogP contribution in [0.4, 0.5) is 4.39 Å². The van der Waals surface area contributed by atoms with E-state index in [1.165, 1.54) is 37.9 Å². The van der Waals surface area contributed by atoms with Crippen molar-refractivity contribution in [1.82, 2.24) is 10.3 Å². The number of rotatable bonds is 6. The van der Waals surface area contributed by atoms with Gasteiger partial charge in [0.15, 0.2) is 0 Å². The van der Waals surface area contributed by atoms with E-state index in [1.54, 1.807) is 6.07 Å². The summed E-state index contributed by atoms with van der Waals surface area (Å²) in [6.45, 7) is 3.56. The van der Waals surface area contributed by atoms with Crippen LogP contribution in [0.5, 0.6) is 0 Å². The summed E-state index contributed by atoms with van der Waals surface area (Å²) in [5.41, 5.74) is 0.859. The first-order valence-corrected chi connectivity index (χ1v) is 6.72. The van der Waals surface area contributed by atoms with Gasteiger partial charge in [0, 0.05) is 12.6 Å². The first kappa shape index (κ1) is 13.4. The Bertz CT molecular complexity index is 349. The summed E-state index contributed by atoms with van der Waals surface area (Å²) in [7, 11) is 0. The van der Waals surface area contributed by atoms with E-state index in [0.29, 0.717) is 6.10 Å². The van der Waals surface area contributed by atoms with Gasteiger partial charge < -0.3 is 10.1 Å². The quantitative estimate of drug-likeness (QED) is 0.790. The lowest BCUT2D eigenvalue weighted by Gasteiger charge is -2.15. The second-order valence-electron chi connectivity index (χ2n) is 4.85. The summed E-state index contributed by atoms with van der Waals surface area (Å²) in [6.07, 6.45) is 6.72. The van der Waals surface area contributed by atoms with Crippen molar-refractivity contribution in [1.29, 1.82) is 0 Å². The fourth-order valence-corrected chi connectivity index (χ4v) is 2.30. The molecule has 0 aromatic carbocycles. The van der Waals surface area contributed by atoms with Crippen LogP contribution < -0.4 is 5.32 Å². The summed E-state index contributed by atoms with van der Waals surface area (Å²) in [5, 5.41) is 3.33. The normalized spacial score (nSPS) is 18.1. The zero-order valence-corrected chi connectivity index (χ0v) is 10.9. The maximum absolute atomic E-state index is 12.7. The highest BCUT2D eigenvalue weighted by Crippen LogP contribution is 2.20. The van der Waals surface area contributed by atoms with Crippen molar-refractivity contribution in [3.8, 4) is 0 Å². The van der Waals surface area contributed by atoms with Crippen LogP contribution in [0.15, 0.2) is 18.3 Å². The van der Waals surface area contributed by atoms with Crippen molar-refractivity contribution in [3.63, 3.8) is 0 Å². The lowest BCUT2D eigenvalue weighted by atomic mass is 10.2. The number of pyridine rings is 1. The predicted octanol–water partition coefficient (Wildman–Crippen LogP) is 2.83. The van der Waals surface area contributed by atoms with Crippen molar-refractivity contribution < 1.29 is 9.13 Å². The van der Waals surface area contributed by atoms with Gasteiger partial charge in [-0.05, 0) is 31.9 Å². The predicted molar refractivity (Wildman–Crippen MR) is 68.8 cm³/mol. The molecular formula is C14H21FN2O. The second-order valence-corrected chi connectivity index (χ2v) is 4.85. The van der Waals surface area contributed by atoms with Crippen LogP contribution in [0.2, 0.25) is 0 Å². The Morgan fingerprint density at radius 3 is 2.89 bits per heavy atom. The average Bonchev–Trinajstić information content (AvgIpc) is 2.88. The molecule has 0 amide bonds. The molecule has 1 unspecified atom stereocenters. The van der Waals surface area contributed by atoms with Crippen LogP contribution in [0.3, 0.4) is 0 Å². The SMILES string of the molecule is CC(NCCOC1CCCC1)c1ccc(F)cn1. The molecule has 2 rings (SSSR count). The Labute approximate surface area is 108 Å². The number of ether oxygens (including phenoxy) is 1. The minimum atomic E-state index is -0.296. The molecule has 18 heavy (non-hydrogen) atoms. The Morgan fingerprint density at radius 2 is 2.22 bits per heavy atom. The summed E-state index contributed by atoms with van der Waals surface area (Å²) < 4.78 is 18.5. The minimum Gasteiger partial charge on any atom is -0.377 e. The molecule has 1 atom stereocenters. The van der Waals surface area contributed by atoms with Gasteiger partial charge in [0.25, 0.3) is 0 Å². The van der Waals surface area contributed by atoms with E-state index in [1.807, 2.05) is 6.92 Å². The van der Waals surface area contributed by atoms with Gasteiger partial charge in [-0.25, -0.2) is 4.39 Å². The van der Waals surface area contributed by atoms with Crippen molar-refractivity contribution in [3.05, 3.63) is 29.8 Å². The van der Waals surface area contributed by atoms with E-state index >= 15 is 0 Å². The van der Waals surface area contributed by atoms with E-state index in [-0.39, 0.29) is 11.9 Å². The molecule has 1 aliphatic rings. The van der Waals surface area contributed by atoms with Gasteiger partial charge in [-0.2, -0.15) is 0 Å². The van der Waals surface area contributed by atoms with Gasteiger partial charge in [-0.15, -0.1) is 0 Å². The van der Waals surface area contributed by atoms with Gasteiger partial charge in [0.1, 0.15) is 5.82 Å². The van der Waals surface area contributed by atoms with E-state index in [2.05, 4.69) is 10.3 Å². The maximum atomic E-state index is 12.7. The van der Waals surface area contributed by atoms with Crippen molar-refractivity contribution in [2.24, 2.45) is 0 Å². The smallest absolute Gasteiger partial charge is 0.141 e. The van der Waals surface area contributed by atoms with Crippen LogP contribution >= 0.6 is 0 Å². The first-order chi connectivity index (χ1) is 8.75. The molecule has 3 nitrogen and oxygen atoms in total. The zero-order chi connectivity index (χ0) is 12.8. The number of nitrogens with one attached hydrogen (secondary N) is 1. The molecule has 1 aromatic heterocycles. The van der Waals surface area contributed by atoms with Crippen LogP contribution in [-0.4, -0.2) is 24.2 Å². The fraction of sp³-hybridized carbons (Fsp3) is 0.643. The fourth-order valence-electron chi connectivity index (χ4n) is 2.30. The maximum Gasteiger partial charge on any atom is 0.141 e. The molecule has 0 radical (unpaired) electrons. The lowest BCUT2D eigenvalue weighted by molar-refractivity contribution is 0.0593. The van der Waals surface area contributed by atoms with E-state index in [0.717, 1.165) is 18.8 Å². The van der Waals surface area contributed by atoms with E-state index in [4.69, 9.17) is 4.74 Å². The van der Waals surface area contributed by atoms with Crippen LogP contribution in [0.25, 0.3) is 0 Å². The summed E-state index contributed by atoms with van der Waals surface area (Å²) in [5.74, 6) is -0.296. The van der Waals surface area contributed by atoms with Gasteiger partial charge >= 0.3 is 0 Å². The highest BCUT2D eigenvalue weighted by molar-refractivity contribution is 5.08. The molecule has 4 heteroatoms. The molecule has 1 saturated carbocycles. The molecule has 1 aliphatic carbocycles. The molecule has 0 saturated heterocycles. The molecule has 0 spiro atoms. The highest BCUT2D eigenvalue weighted by Gasteiger charge is 2.15. The topological polar surface area (TPSA) is 34.1 Å². The number of nitrogens with zero attached hydrogens (tertiary/aromatic N) is 1. The third-order valence-corrected chi connectivity index (χ3v) is 3.40. The molecule has 1 aromatic rings. The van der Waals surface area contributed by atoms with E-state index in [9.17, 15) is 4.39 Å². The molecule has 0 aliphatic heterocycles. The molecular weight excluding hydrogens is 231 g/mol. The standard InChI is InChI=1S/C14H21FN2O/c1-11(14-7-6-12(15)10-17-14)16-8-9-18-13-4-2-3-5-13/h6-7,10-11,13,16H,2-5,8-9H2,1H3.